The van der Waals surface area contributed by atoms with Crippen molar-refractivity contribution in [2.75, 3.05) is 24.7 Å². The van der Waals surface area contributed by atoms with Crippen LogP contribution in [0, 0.1) is 5.92 Å². The third-order valence-corrected chi connectivity index (χ3v) is 4.76. The third kappa shape index (κ3) is 4.51. The fraction of sp³-hybridized carbons (Fsp3) is 0.500. The van der Waals surface area contributed by atoms with Gasteiger partial charge in [-0.25, -0.2) is 8.42 Å². The van der Waals surface area contributed by atoms with Crippen molar-refractivity contribution >= 4 is 15.7 Å². The molecule has 2 rings (SSSR count). The number of aromatic nitrogens is 1. The molecule has 1 aliphatic rings. The smallest absolute Gasteiger partial charge is 0.257 e. The van der Waals surface area contributed by atoms with E-state index in [-0.39, 0.29) is 29.9 Å². The Kier molecular flexibility index (Phi) is 4.36. The lowest BCUT2D eigenvalue weighted by Gasteiger charge is -2.10. The Morgan fingerprint density at radius 2 is 2.37 bits per heavy atom. The monoisotopic (exact) mass is 284 g/mol. The fourth-order valence-corrected chi connectivity index (χ4v) is 3.79. The maximum atomic E-state index is 11.5. The SMILES string of the molecule is O=C(COc1cccnc1)NCC1CCS(=O)(=O)C1. The summed E-state index contributed by atoms with van der Waals surface area (Å²) < 4.78 is 27.7. The molecular formula is C12H16N2O4S. The van der Waals surface area contributed by atoms with E-state index in [1.807, 2.05) is 0 Å². The lowest BCUT2D eigenvalue weighted by molar-refractivity contribution is -0.123. The van der Waals surface area contributed by atoms with E-state index in [1.165, 1.54) is 6.20 Å². The number of hydrogen-bond donors (Lipinski definition) is 1. The summed E-state index contributed by atoms with van der Waals surface area (Å²) in [6, 6.07) is 3.43. The molecule has 1 atom stereocenters. The van der Waals surface area contributed by atoms with Crippen molar-refractivity contribution in [1.82, 2.24) is 10.3 Å². The molecule has 0 spiro atoms. The number of hydrogen-bond acceptors (Lipinski definition) is 5. The molecule has 0 aliphatic carbocycles. The Labute approximate surface area is 112 Å². The van der Waals surface area contributed by atoms with Gasteiger partial charge in [0.1, 0.15) is 5.75 Å². The van der Waals surface area contributed by atoms with Crippen molar-refractivity contribution in [1.29, 1.82) is 0 Å². The zero-order valence-electron chi connectivity index (χ0n) is 10.4. The van der Waals surface area contributed by atoms with Gasteiger partial charge in [-0.2, -0.15) is 0 Å². The number of sulfone groups is 1. The van der Waals surface area contributed by atoms with Gasteiger partial charge in [-0.3, -0.25) is 9.78 Å². The summed E-state index contributed by atoms with van der Waals surface area (Å²) in [4.78, 5) is 15.4. The average molecular weight is 284 g/mol. The standard InChI is InChI=1S/C12H16N2O4S/c15-12(8-18-11-2-1-4-13-7-11)14-6-10-3-5-19(16,17)9-10/h1-2,4,7,10H,3,5-6,8-9H2,(H,14,15). The first kappa shape index (κ1) is 13.8. The number of carbonyl (C=O) groups is 1. The van der Waals surface area contributed by atoms with Crippen molar-refractivity contribution in [3.8, 4) is 5.75 Å². The average Bonchev–Trinajstić information content (AvgIpc) is 2.75. The predicted octanol–water partition coefficient (Wildman–Crippen LogP) is 0.0113. The van der Waals surface area contributed by atoms with Crippen molar-refractivity contribution in [3.63, 3.8) is 0 Å². The summed E-state index contributed by atoms with van der Waals surface area (Å²) in [5.41, 5.74) is 0. The van der Waals surface area contributed by atoms with Crippen LogP contribution >= 0.6 is 0 Å². The molecule has 1 aromatic heterocycles. The largest absolute Gasteiger partial charge is 0.482 e. The molecule has 1 N–H and O–H groups in total. The van der Waals surface area contributed by atoms with Crippen LogP contribution in [-0.4, -0.2) is 44.0 Å². The lowest BCUT2D eigenvalue weighted by atomic mass is 10.1. The van der Waals surface area contributed by atoms with Crippen molar-refractivity contribution in [2.24, 2.45) is 5.92 Å². The molecule has 1 aromatic rings. The molecule has 7 heteroatoms. The quantitative estimate of drug-likeness (QED) is 0.823. The lowest BCUT2D eigenvalue weighted by Crippen LogP contribution is -2.33. The third-order valence-electron chi connectivity index (χ3n) is 2.92. The van der Waals surface area contributed by atoms with E-state index in [0.29, 0.717) is 18.7 Å². The number of rotatable bonds is 5. The summed E-state index contributed by atoms with van der Waals surface area (Å²) in [7, 11) is -2.89. The second kappa shape index (κ2) is 6.01. The van der Waals surface area contributed by atoms with E-state index < -0.39 is 9.84 Å². The Balaban J connectivity index is 1.68. The van der Waals surface area contributed by atoms with Gasteiger partial charge in [0.25, 0.3) is 5.91 Å². The molecule has 1 fully saturated rings. The number of nitrogens with one attached hydrogen (secondary N) is 1. The van der Waals surface area contributed by atoms with Gasteiger partial charge >= 0.3 is 0 Å². The first-order valence-corrected chi connectivity index (χ1v) is 7.87. The first-order valence-electron chi connectivity index (χ1n) is 6.05. The fourth-order valence-electron chi connectivity index (χ4n) is 1.92. The van der Waals surface area contributed by atoms with Crippen molar-refractivity contribution in [3.05, 3.63) is 24.5 Å². The summed E-state index contributed by atoms with van der Waals surface area (Å²) in [5, 5.41) is 2.68. The Hall–Kier alpha value is -1.63. The van der Waals surface area contributed by atoms with Crippen LogP contribution in [0.4, 0.5) is 0 Å². The second-order valence-electron chi connectivity index (χ2n) is 4.55. The van der Waals surface area contributed by atoms with E-state index in [9.17, 15) is 13.2 Å². The second-order valence-corrected chi connectivity index (χ2v) is 6.78. The van der Waals surface area contributed by atoms with E-state index in [4.69, 9.17) is 4.74 Å². The highest BCUT2D eigenvalue weighted by molar-refractivity contribution is 7.91. The number of pyridine rings is 1. The molecule has 0 aromatic carbocycles. The molecule has 1 amide bonds. The van der Waals surface area contributed by atoms with E-state index in [0.717, 1.165) is 0 Å². The van der Waals surface area contributed by atoms with Crippen LogP contribution < -0.4 is 10.1 Å². The molecular weight excluding hydrogens is 268 g/mol. The maximum absolute atomic E-state index is 11.5. The van der Waals surface area contributed by atoms with Crippen molar-refractivity contribution in [2.45, 2.75) is 6.42 Å². The van der Waals surface area contributed by atoms with Crippen LogP contribution in [0.5, 0.6) is 5.75 Å². The van der Waals surface area contributed by atoms with Crippen LogP contribution in [0.3, 0.4) is 0 Å². The number of amides is 1. The molecule has 2 heterocycles. The van der Waals surface area contributed by atoms with Crippen LogP contribution in [-0.2, 0) is 14.6 Å². The Bertz CT molecular complexity index is 530. The van der Waals surface area contributed by atoms with E-state index >= 15 is 0 Å². The Morgan fingerprint density at radius 3 is 3.00 bits per heavy atom. The van der Waals surface area contributed by atoms with Gasteiger partial charge < -0.3 is 10.1 Å². The van der Waals surface area contributed by atoms with Crippen molar-refractivity contribution < 1.29 is 17.9 Å². The number of nitrogens with zero attached hydrogens (tertiary/aromatic N) is 1. The van der Waals surface area contributed by atoms with Gasteiger partial charge in [0.2, 0.25) is 0 Å². The minimum atomic E-state index is -2.89. The molecule has 1 saturated heterocycles. The molecule has 104 valence electrons. The summed E-state index contributed by atoms with van der Waals surface area (Å²) in [6.07, 6.45) is 3.76. The summed E-state index contributed by atoms with van der Waals surface area (Å²) in [6.45, 7) is 0.291. The first-order chi connectivity index (χ1) is 9.05. The highest BCUT2D eigenvalue weighted by Crippen LogP contribution is 2.17. The van der Waals surface area contributed by atoms with Gasteiger partial charge in [-0.1, -0.05) is 0 Å². The zero-order valence-corrected chi connectivity index (χ0v) is 11.2. The highest BCUT2D eigenvalue weighted by Gasteiger charge is 2.27. The van der Waals surface area contributed by atoms with Crippen LogP contribution in [0.25, 0.3) is 0 Å². The zero-order chi connectivity index (χ0) is 13.7. The normalized spacial score (nSPS) is 20.9. The Morgan fingerprint density at radius 1 is 1.53 bits per heavy atom. The molecule has 1 aliphatic heterocycles. The highest BCUT2D eigenvalue weighted by atomic mass is 32.2. The predicted molar refractivity (Wildman–Crippen MR) is 69.5 cm³/mol. The minimum Gasteiger partial charge on any atom is -0.482 e. The summed E-state index contributed by atoms with van der Waals surface area (Å²) >= 11 is 0. The van der Waals surface area contributed by atoms with Crippen LogP contribution in [0.1, 0.15) is 6.42 Å². The van der Waals surface area contributed by atoms with E-state index in [1.54, 1.807) is 18.3 Å². The number of ether oxygens (including phenoxy) is 1. The number of carbonyl (C=O) groups excluding carboxylic acids is 1. The van der Waals surface area contributed by atoms with Gasteiger partial charge in [0, 0.05) is 12.7 Å². The van der Waals surface area contributed by atoms with Crippen LogP contribution in [0.2, 0.25) is 0 Å². The maximum Gasteiger partial charge on any atom is 0.257 e. The molecule has 0 bridgehead atoms. The van der Waals surface area contributed by atoms with Gasteiger partial charge in [-0.05, 0) is 24.5 Å². The molecule has 6 nitrogen and oxygen atoms in total. The van der Waals surface area contributed by atoms with Gasteiger partial charge in [0.05, 0.1) is 17.7 Å². The molecule has 1 unspecified atom stereocenters. The van der Waals surface area contributed by atoms with Crippen LogP contribution in [0.15, 0.2) is 24.5 Å². The topological polar surface area (TPSA) is 85.4 Å². The molecule has 19 heavy (non-hydrogen) atoms. The van der Waals surface area contributed by atoms with Gasteiger partial charge in [0.15, 0.2) is 16.4 Å². The minimum absolute atomic E-state index is 0.0207. The molecule has 0 saturated carbocycles. The summed E-state index contributed by atoms with van der Waals surface area (Å²) in [5.74, 6) is 0.679. The molecule has 0 radical (unpaired) electrons. The van der Waals surface area contributed by atoms with Gasteiger partial charge in [-0.15, -0.1) is 0 Å². The van der Waals surface area contributed by atoms with E-state index in [2.05, 4.69) is 10.3 Å².